The molecule has 1 N–H and O–H groups in total. The van der Waals surface area contributed by atoms with Crippen molar-refractivity contribution >= 4 is 17.7 Å². The monoisotopic (exact) mass is 249 g/mol. The highest BCUT2D eigenvalue weighted by molar-refractivity contribution is 6.30. The van der Waals surface area contributed by atoms with E-state index in [-0.39, 0.29) is 11.7 Å². The first kappa shape index (κ1) is 10.8. The maximum absolute atomic E-state index is 13.7. The minimum absolute atomic E-state index is 0.153. The summed E-state index contributed by atoms with van der Waals surface area (Å²) in [5.74, 6) is 0.470. The Morgan fingerprint density at radius 3 is 3.00 bits per heavy atom. The molecule has 3 rings (SSSR count). The predicted molar refractivity (Wildman–Crippen MR) is 68.2 cm³/mol. The number of nitrogens with one attached hydrogen (secondary N) is 1. The highest BCUT2D eigenvalue weighted by Crippen LogP contribution is 2.43. The van der Waals surface area contributed by atoms with Gasteiger partial charge < -0.3 is 5.32 Å². The van der Waals surface area contributed by atoms with Crippen LogP contribution in [0, 0.1) is 11.7 Å². The van der Waals surface area contributed by atoms with Crippen molar-refractivity contribution in [2.45, 2.75) is 12.8 Å². The second kappa shape index (κ2) is 3.88. The molecule has 2 aliphatic rings. The van der Waals surface area contributed by atoms with Crippen molar-refractivity contribution in [3.05, 3.63) is 51.9 Å². The zero-order chi connectivity index (χ0) is 12.0. The zero-order valence-electron chi connectivity index (χ0n) is 9.50. The molecule has 0 radical (unpaired) electrons. The van der Waals surface area contributed by atoms with E-state index < -0.39 is 0 Å². The van der Waals surface area contributed by atoms with Crippen LogP contribution in [0.2, 0.25) is 0 Å². The topological polar surface area (TPSA) is 12.0 Å². The second-order valence-electron chi connectivity index (χ2n) is 4.68. The fourth-order valence-electron chi connectivity index (χ4n) is 2.74. The van der Waals surface area contributed by atoms with Crippen molar-refractivity contribution in [1.82, 2.24) is 5.32 Å². The lowest BCUT2D eigenvalue weighted by Gasteiger charge is -2.35. The molecule has 17 heavy (non-hydrogen) atoms. The first-order valence-electron chi connectivity index (χ1n) is 5.78. The van der Waals surface area contributed by atoms with Crippen LogP contribution in [0.5, 0.6) is 0 Å². The van der Waals surface area contributed by atoms with Gasteiger partial charge in [-0.3, -0.25) is 0 Å². The van der Waals surface area contributed by atoms with Gasteiger partial charge in [-0.05, 0) is 23.1 Å². The molecule has 0 aromatic heterocycles. The van der Waals surface area contributed by atoms with Gasteiger partial charge in [-0.1, -0.05) is 42.8 Å². The summed E-state index contributed by atoms with van der Waals surface area (Å²) in [6.45, 7) is 2.99. The first-order chi connectivity index (χ1) is 8.18. The third-order valence-electron chi connectivity index (χ3n) is 3.59. The molecule has 1 aliphatic carbocycles. The third kappa shape index (κ3) is 1.59. The smallest absolute Gasteiger partial charge is 0.130 e. The number of fused-ring (bicyclic) bond motifs is 3. The van der Waals surface area contributed by atoms with Gasteiger partial charge in [0.15, 0.2) is 0 Å². The average Bonchev–Trinajstić information content (AvgIpc) is 2.33. The van der Waals surface area contributed by atoms with Gasteiger partial charge in [0.2, 0.25) is 0 Å². The molecule has 2 atom stereocenters. The average molecular weight is 250 g/mol. The van der Waals surface area contributed by atoms with Crippen molar-refractivity contribution in [1.29, 1.82) is 0 Å². The molecular weight excluding hydrogens is 237 g/mol. The molecule has 1 heterocycles. The minimum atomic E-state index is -0.153. The molecule has 88 valence electrons. The number of hydrogen-bond acceptors (Lipinski definition) is 1. The molecule has 1 aromatic rings. The third-order valence-corrected chi connectivity index (χ3v) is 3.94. The normalized spacial score (nSPS) is 26.3. The van der Waals surface area contributed by atoms with Crippen LogP contribution in [-0.2, 0) is 0 Å². The van der Waals surface area contributed by atoms with Crippen molar-refractivity contribution in [2.75, 3.05) is 6.54 Å². The van der Waals surface area contributed by atoms with Crippen molar-refractivity contribution in [2.24, 2.45) is 5.92 Å². The Morgan fingerprint density at radius 2 is 2.18 bits per heavy atom. The Kier molecular flexibility index (Phi) is 2.48. The largest absolute Gasteiger partial charge is 0.375 e. The summed E-state index contributed by atoms with van der Waals surface area (Å²) >= 11 is 6.19. The van der Waals surface area contributed by atoms with Gasteiger partial charge in [0.05, 0.1) is 0 Å². The lowest BCUT2D eigenvalue weighted by molar-refractivity contribution is 0.460. The summed E-state index contributed by atoms with van der Waals surface area (Å²) in [6, 6.07) is 5.28. The molecule has 0 saturated heterocycles. The second-order valence-corrected chi connectivity index (χ2v) is 5.06. The lowest BCUT2D eigenvalue weighted by Crippen LogP contribution is -2.32. The molecule has 2 unspecified atom stereocenters. The first-order valence-corrected chi connectivity index (χ1v) is 6.16. The van der Waals surface area contributed by atoms with E-state index in [1.165, 1.54) is 6.07 Å². The van der Waals surface area contributed by atoms with E-state index in [9.17, 15) is 4.39 Å². The molecule has 0 saturated carbocycles. The summed E-state index contributed by atoms with van der Waals surface area (Å²) in [6.07, 6.45) is 3.75. The van der Waals surface area contributed by atoms with Crippen molar-refractivity contribution in [3.63, 3.8) is 0 Å². The number of halogens is 2. The van der Waals surface area contributed by atoms with Gasteiger partial charge >= 0.3 is 0 Å². The SMILES string of the molecule is CC1CNC(Cl)=C2C=Cc3c(F)cccc3C21. The fraction of sp³-hybridized carbons (Fsp3) is 0.286. The molecule has 1 aromatic carbocycles. The van der Waals surface area contributed by atoms with Gasteiger partial charge in [0.25, 0.3) is 0 Å². The van der Waals surface area contributed by atoms with Crippen LogP contribution < -0.4 is 5.32 Å². The number of benzene rings is 1. The Labute approximate surface area is 105 Å². The molecule has 3 heteroatoms. The maximum atomic E-state index is 13.7. The number of rotatable bonds is 0. The minimum Gasteiger partial charge on any atom is -0.375 e. The molecule has 0 amide bonds. The van der Waals surface area contributed by atoms with E-state index >= 15 is 0 Å². The summed E-state index contributed by atoms with van der Waals surface area (Å²) in [5, 5.41) is 3.87. The van der Waals surface area contributed by atoms with E-state index in [1.54, 1.807) is 6.07 Å². The van der Waals surface area contributed by atoms with Crippen LogP contribution >= 0.6 is 11.6 Å². The van der Waals surface area contributed by atoms with E-state index in [1.807, 2.05) is 18.2 Å². The van der Waals surface area contributed by atoms with Crippen molar-refractivity contribution in [3.8, 4) is 0 Å². The summed E-state index contributed by atoms with van der Waals surface area (Å²) in [7, 11) is 0. The van der Waals surface area contributed by atoms with E-state index in [0.717, 1.165) is 17.7 Å². The predicted octanol–water partition coefficient (Wildman–Crippen LogP) is 3.63. The summed E-state index contributed by atoms with van der Waals surface area (Å²) in [5.41, 5.74) is 2.83. The van der Waals surface area contributed by atoms with E-state index in [0.29, 0.717) is 16.6 Å². The van der Waals surface area contributed by atoms with Crippen LogP contribution in [0.15, 0.2) is 35.0 Å². The molecule has 0 fully saturated rings. The van der Waals surface area contributed by atoms with Crippen LogP contribution in [0.3, 0.4) is 0 Å². The quantitative estimate of drug-likeness (QED) is 0.693. The fourth-order valence-corrected chi connectivity index (χ4v) is 3.00. The van der Waals surface area contributed by atoms with E-state index in [2.05, 4.69) is 12.2 Å². The Hall–Kier alpha value is -1.28. The maximum Gasteiger partial charge on any atom is 0.130 e. The highest BCUT2D eigenvalue weighted by Gasteiger charge is 2.32. The number of allylic oxidation sites excluding steroid dienone is 2. The van der Waals surface area contributed by atoms with Crippen LogP contribution in [0.4, 0.5) is 4.39 Å². The van der Waals surface area contributed by atoms with Crippen LogP contribution in [0.1, 0.15) is 24.0 Å². The van der Waals surface area contributed by atoms with Gasteiger partial charge in [-0.15, -0.1) is 0 Å². The molecular formula is C14H13ClFN. The molecule has 1 nitrogen and oxygen atoms in total. The van der Waals surface area contributed by atoms with Gasteiger partial charge in [-0.2, -0.15) is 0 Å². The standard InChI is InChI=1S/C14H13ClFN/c1-8-7-17-14(15)11-6-5-9-10(13(8)11)3-2-4-12(9)16/h2-6,8,13,17H,7H2,1H3. The Balaban J connectivity index is 2.23. The van der Waals surface area contributed by atoms with Gasteiger partial charge in [0.1, 0.15) is 11.0 Å². The Bertz CT molecular complexity index is 533. The van der Waals surface area contributed by atoms with E-state index in [4.69, 9.17) is 11.6 Å². The van der Waals surface area contributed by atoms with Gasteiger partial charge in [0, 0.05) is 18.0 Å². The van der Waals surface area contributed by atoms with Crippen molar-refractivity contribution < 1.29 is 4.39 Å². The zero-order valence-corrected chi connectivity index (χ0v) is 10.3. The van der Waals surface area contributed by atoms with Gasteiger partial charge in [-0.25, -0.2) is 4.39 Å². The number of hydrogen-bond donors (Lipinski definition) is 1. The Morgan fingerprint density at radius 1 is 1.35 bits per heavy atom. The van der Waals surface area contributed by atoms with Crippen LogP contribution in [0.25, 0.3) is 6.08 Å². The van der Waals surface area contributed by atoms with Crippen LogP contribution in [-0.4, -0.2) is 6.54 Å². The molecule has 0 spiro atoms. The lowest BCUT2D eigenvalue weighted by atomic mass is 9.75. The molecule has 1 aliphatic heterocycles. The molecule has 0 bridgehead atoms. The summed E-state index contributed by atoms with van der Waals surface area (Å²) < 4.78 is 13.7. The highest BCUT2D eigenvalue weighted by atomic mass is 35.5. The summed E-state index contributed by atoms with van der Waals surface area (Å²) in [4.78, 5) is 0.